The third-order valence-corrected chi connectivity index (χ3v) is 2.07. The SMILES string of the molecule is C=CCn1nc(C)c(C(=O)Cl)c1C. The Hall–Kier alpha value is -1.09. The van der Waals surface area contributed by atoms with E-state index in [9.17, 15) is 4.79 Å². The van der Waals surface area contributed by atoms with Crippen LogP contribution in [-0.4, -0.2) is 15.0 Å². The molecule has 0 amide bonds. The van der Waals surface area contributed by atoms with Crippen molar-refractivity contribution in [3.63, 3.8) is 0 Å². The maximum atomic E-state index is 11.0. The standard InChI is InChI=1S/C9H11ClN2O/c1-4-5-12-7(3)8(9(10)13)6(2)11-12/h4H,1,5H2,2-3H3. The van der Waals surface area contributed by atoms with Crippen molar-refractivity contribution < 1.29 is 4.79 Å². The summed E-state index contributed by atoms with van der Waals surface area (Å²) in [5.74, 6) is 0. The van der Waals surface area contributed by atoms with Crippen molar-refractivity contribution in [2.45, 2.75) is 20.4 Å². The van der Waals surface area contributed by atoms with Crippen LogP contribution in [0.5, 0.6) is 0 Å². The number of halogens is 1. The summed E-state index contributed by atoms with van der Waals surface area (Å²) in [6.45, 7) is 7.78. The van der Waals surface area contributed by atoms with E-state index in [2.05, 4.69) is 11.7 Å². The number of hydrogen-bond acceptors (Lipinski definition) is 2. The van der Waals surface area contributed by atoms with Gasteiger partial charge in [0.2, 0.25) is 0 Å². The smallest absolute Gasteiger partial charge is 0.256 e. The minimum atomic E-state index is -0.453. The molecule has 0 aliphatic rings. The maximum Gasteiger partial charge on any atom is 0.256 e. The zero-order valence-corrected chi connectivity index (χ0v) is 8.43. The fraction of sp³-hybridized carbons (Fsp3) is 0.333. The van der Waals surface area contributed by atoms with E-state index in [-0.39, 0.29) is 0 Å². The second-order valence-corrected chi connectivity index (χ2v) is 3.13. The molecule has 0 bridgehead atoms. The largest absolute Gasteiger partial charge is 0.275 e. The molecule has 1 aromatic heterocycles. The van der Waals surface area contributed by atoms with Crippen molar-refractivity contribution in [3.8, 4) is 0 Å². The molecule has 1 aromatic rings. The van der Waals surface area contributed by atoms with Crippen LogP contribution in [0.25, 0.3) is 0 Å². The number of carbonyl (C=O) groups excluding carboxylic acids is 1. The summed E-state index contributed by atoms with van der Waals surface area (Å²) >= 11 is 5.41. The van der Waals surface area contributed by atoms with Gasteiger partial charge >= 0.3 is 0 Å². The Kier molecular flexibility index (Phi) is 2.88. The van der Waals surface area contributed by atoms with Crippen molar-refractivity contribution >= 4 is 16.8 Å². The molecule has 3 nitrogen and oxygen atoms in total. The van der Waals surface area contributed by atoms with Crippen LogP contribution in [0.2, 0.25) is 0 Å². The van der Waals surface area contributed by atoms with Crippen molar-refractivity contribution in [2.24, 2.45) is 0 Å². The lowest BCUT2D eigenvalue weighted by Crippen LogP contribution is -2.01. The van der Waals surface area contributed by atoms with Crippen molar-refractivity contribution in [2.75, 3.05) is 0 Å². The highest BCUT2D eigenvalue weighted by molar-refractivity contribution is 6.68. The Morgan fingerprint density at radius 2 is 2.31 bits per heavy atom. The molecule has 0 spiro atoms. The van der Waals surface area contributed by atoms with Gasteiger partial charge in [-0.2, -0.15) is 5.10 Å². The van der Waals surface area contributed by atoms with Crippen LogP contribution in [-0.2, 0) is 6.54 Å². The van der Waals surface area contributed by atoms with E-state index in [4.69, 9.17) is 11.6 Å². The van der Waals surface area contributed by atoms with Gasteiger partial charge in [0, 0.05) is 5.69 Å². The molecule has 0 atom stereocenters. The van der Waals surface area contributed by atoms with Crippen LogP contribution in [0.1, 0.15) is 21.7 Å². The lowest BCUT2D eigenvalue weighted by atomic mass is 10.2. The van der Waals surface area contributed by atoms with Gasteiger partial charge < -0.3 is 0 Å². The predicted octanol–water partition coefficient (Wildman–Crippen LogP) is 2.06. The molecular weight excluding hydrogens is 188 g/mol. The third-order valence-electron chi connectivity index (χ3n) is 1.88. The Morgan fingerprint density at radius 1 is 1.69 bits per heavy atom. The van der Waals surface area contributed by atoms with Crippen molar-refractivity contribution in [3.05, 3.63) is 29.6 Å². The van der Waals surface area contributed by atoms with Gasteiger partial charge in [-0.15, -0.1) is 6.58 Å². The van der Waals surface area contributed by atoms with E-state index in [1.54, 1.807) is 17.7 Å². The second kappa shape index (κ2) is 3.75. The van der Waals surface area contributed by atoms with Crippen LogP contribution < -0.4 is 0 Å². The van der Waals surface area contributed by atoms with Crippen LogP contribution in [0.15, 0.2) is 12.7 Å². The minimum Gasteiger partial charge on any atom is -0.275 e. The number of allylic oxidation sites excluding steroid dienone is 1. The normalized spacial score (nSPS) is 10.1. The number of carbonyl (C=O) groups is 1. The predicted molar refractivity (Wildman–Crippen MR) is 52.1 cm³/mol. The molecule has 0 saturated heterocycles. The number of nitrogens with zero attached hydrogens (tertiary/aromatic N) is 2. The third kappa shape index (κ3) is 1.80. The number of hydrogen-bond donors (Lipinski definition) is 0. The molecule has 0 fully saturated rings. The van der Waals surface area contributed by atoms with Crippen LogP contribution in [0.4, 0.5) is 0 Å². The summed E-state index contributed by atoms with van der Waals surface area (Å²) in [5.41, 5.74) is 1.96. The van der Waals surface area contributed by atoms with Crippen molar-refractivity contribution in [1.82, 2.24) is 9.78 Å². The van der Waals surface area contributed by atoms with Gasteiger partial charge in [-0.05, 0) is 25.4 Å². The summed E-state index contributed by atoms with van der Waals surface area (Å²) < 4.78 is 1.71. The molecule has 0 aromatic carbocycles. The Morgan fingerprint density at radius 3 is 2.69 bits per heavy atom. The Bertz CT molecular complexity index is 355. The molecule has 0 aliphatic carbocycles. The van der Waals surface area contributed by atoms with Crippen LogP contribution in [0, 0.1) is 13.8 Å². The van der Waals surface area contributed by atoms with Gasteiger partial charge in [0.15, 0.2) is 0 Å². The number of aromatic nitrogens is 2. The van der Waals surface area contributed by atoms with Crippen LogP contribution >= 0.6 is 11.6 Å². The van der Waals surface area contributed by atoms with E-state index in [0.717, 1.165) is 5.69 Å². The zero-order valence-electron chi connectivity index (χ0n) is 7.67. The lowest BCUT2D eigenvalue weighted by Gasteiger charge is -1.98. The van der Waals surface area contributed by atoms with E-state index < -0.39 is 5.24 Å². The van der Waals surface area contributed by atoms with E-state index in [0.29, 0.717) is 17.8 Å². The highest BCUT2D eigenvalue weighted by atomic mass is 35.5. The minimum absolute atomic E-state index is 0.453. The number of aryl methyl sites for hydroxylation is 1. The summed E-state index contributed by atoms with van der Waals surface area (Å²) in [7, 11) is 0. The van der Waals surface area contributed by atoms with Gasteiger partial charge in [-0.1, -0.05) is 6.08 Å². The molecule has 0 N–H and O–H groups in total. The zero-order chi connectivity index (χ0) is 10.0. The molecule has 1 heterocycles. The highest BCUT2D eigenvalue weighted by Crippen LogP contribution is 2.15. The quantitative estimate of drug-likeness (QED) is 0.551. The summed E-state index contributed by atoms with van der Waals surface area (Å²) in [5, 5.41) is 3.71. The molecule has 4 heteroatoms. The molecule has 1 rings (SSSR count). The van der Waals surface area contributed by atoms with Gasteiger partial charge in [0.25, 0.3) is 5.24 Å². The molecular formula is C9H11ClN2O. The molecule has 0 aliphatic heterocycles. The first kappa shape index (κ1) is 9.99. The van der Waals surface area contributed by atoms with Gasteiger partial charge in [0.1, 0.15) is 0 Å². The fourth-order valence-electron chi connectivity index (χ4n) is 1.28. The first-order chi connectivity index (χ1) is 6.07. The highest BCUT2D eigenvalue weighted by Gasteiger charge is 2.15. The first-order valence-electron chi connectivity index (χ1n) is 3.92. The van der Waals surface area contributed by atoms with Crippen molar-refractivity contribution in [1.29, 1.82) is 0 Å². The molecule has 13 heavy (non-hydrogen) atoms. The maximum absolute atomic E-state index is 11.0. The number of rotatable bonds is 3. The fourth-order valence-corrected chi connectivity index (χ4v) is 1.55. The van der Waals surface area contributed by atoms with E-state index >= 15 is 0 Å². The van der Waals surface area contributed by atoms with Gasteiger partial charge in [-0.3, -0.25) is 9.48 Å². The average Bonchev–Trinajstić information content (AvgIpc) is 2.28. The van der Waals surface area contributed by atoms with E-state index in [1.807, 2.05) is 6.92 Å². The van der Waals surface area contributed by atoms with Gasteiger partial charge in [-0.25, -0.2) is 0 Å². The lowest BCUT2D eigenvalue weighted by molar-refractivity contribution is 0.108. The summed E-state index contributed by atoms with van der Waals surface area (Å²) in [6.07, 6.45) is 1.72. The first-order valence-corrected chi connectivity index (χ1v) is 4.30. The summed E-state index contributed by atoms with van der Waals surface area (Å²) in [6, 6.07) is 0. The molecule has 0 saturated carbocycles. The van der Waals surface area contributed by atoms with Crippen LogP contribution in [0.3, 0.4) is 0 Å². The average molecular weight is 199 g/mol. The second-order valence-electron chi connectivity index (χ2n) is 2.79. The summed E-state index contributed by atoms with van der Waals surface area (Å²) in [4.78, 5) is 11.0. The Labute approximate surface area is 82.0 Å². The monoisotopic (exact) mass is 198 g/mol. The molecule has 0 radical (unpaired) electrons. The molecule has 70 valence electrons. The van der Waals surface area contributed by atoms with Gasteiger partial charge in [0.05, 0.1) is 17.8 Å². The molecule has 0 unspecified atom stereocenters. The Balaban J connectivity index is 3.21. The topological polar surface area (TPSA) is 34.9 Å². The van der Waals surface area contributed by atoms with E-state index in [1.165, 1.54) is 0 Å².